The fourth-order valence-corrected chi connectivity index (χ4v) is 6.84. The van der Waals surface area contributed by atoms with Crippen molar-refractivity contribution in [2.75, 3.05) is 0 Å². The van der Waals surface area contributed by atoms with Crippen LogP contribution in [0.4, 0.5) is 5.69 Å². The first-order valence-corrected chi connectivity index (χ1v) is 16.6. The largest absolute Gasteiger partial charge is 0.265 e. The van der Waals surface area contributed by atoms with Gasteiger partial charge in [0, 0.05) is 34.2 Å². The summed E-state index contributed by atoms with van der Waals surface area (Å²) < 4.78 is 1.04. The summed E-state index contributed by atoms with van der Waals surface area (Å²) in [4.78, 5) is 14.1. The molecule has 0 spiro atoms. The van der Waals surface area contributed by atoms with E-state index in [1.807, 2.05) is 36.8 Å². The molecule has 3 nitrogen and oxygen atoms in total. The lowest BCUT2D eigenvalue weighted by Gasteiger charge is -2.17. The molecule has 0 radical (unpaired) electrons. The smallest absolute Gasteiger partial charge is 0.0715 e. The summed E-state index contributed by atoms with van der Waals surface area (Å²) >= 11 is 3.84. The molecule has 0 saturated heterocycles. The van der Waals surface area contributed by atoms with E-state index in [1.165, 1.54) is 27.8 Å². The molecule has 224 valence electrons. The van der Waals surface area contributed by atoms with E-state index in [-0.39, 0.29) is 0 Å². The SMILES string of the molecule is Brc1cc(-c2cc(-c3ccc(-c4ccccc4)cc3)nc(-c3ccc(-c4ccncc4)cc3)c2)cc(-c2cccc3c2CCC=N3)c1. The molecular weight excluding hydrogens is 638 g/mol. The second-order valence-electron chi connectivity index (χ2n) is 11.8. The Bertz CT molecular complexity index is 2120. The summed E-state index contributed by atoms with van der Waals surface area (Å²) in [6.07, 6.45) is 7.64. The number of benzene rings is 5. The molecule has 0 atom stereocenters. The van der Waals surface area contributed by atoms with E-state index in [2.05, 4.69) is 147 Å². The van der Waals surface area contributed by atoms with Crippen molar-refractivity contribution in [1.29, 1.82) is 0 Å². The maximum absolute atomic E-state index is 5.23. The van der Waals surface area contributed by atoms with E-state index in [9.17, 15) is 0 Å². The van der Waals surface area contributed by atoms with Gasteiger partial charge in [-0.3, -0.25) is 9.98 Å². The Morgan fingerprint density at radius 1 is 0.468 bits per heavy atom. The summed E-state index contributed by atoms with van der Waals surface area (Å²) in [5.74, 6) is 0. The fourth-order valence-electron chi connectivity index (χ4n) is 6.35. The first-order chi connectivity index (χ1) is 23.2. The molecule has 0 N–H and O–H groups in total. The highest BCUT2D eigenvalue weighted by Gasteiger charge is 2.15. The van der Waals surface area contributed by atoms with Crippen molar-refractivity contribution < 1.29 is 0 Å². The summed E-state index contributed by atoms with van der Waals surface area (Å²) in [5, 5.41) is 0. The highest BCUT2D eigenvalue weighted by Crippen LogP contribution is 2.39. The Labute approximate surface area is 283 Å². The molecule has 5 aromatic carbocycles. The van der Waals surface area contributed by atoms with E-state index < -0.39 is 0 Å². The average Bonchev–Trinajstić information content (AvgIpc) is 3.15. The molecule has 4 heteroatoms. The van der Waals surface area contributed by atoms with E-state index in [1.54, 1.807) is 0 Å². The number of nitrogens with zero attached hydrogens (tertiary/aromatic N) is 3. The summed E-state index contributed by atoms with van der Waals surface area (Å²) in [7, 11) is 0. The number of aliphatic imine (C=N–C) groups is 1. The summed E-state index contributed by atoms with van der Waals surface area (Å²) in [6.45, 7) is 0. The van der Waals surface area contributed by atoms with Crippen LogP contribution >= 0.6 is 15.9 Å². The zero-order valence-corrected chi connectivity index (χ0v) is 27.2. The fraction of sp³-hybridized carbons (Fsp3) is 0.0465. The third-order valence-electron chi connectivity index (χ3n) is 8.75. The molecule has 0 amide bonds. The lowest BCUT2D eigenvalue weighted by atomic mass is 9.91. The van der Waals surface area contributed by atoms with Gasteiger partial charge < -0.3 is 0 Å². The van der Waals surface area contributed by atoms with Crippen LogP contribution in [0.15, 0.2) is 161 Å². The van der Waals surface area contributed by atoms with Gasteiger partial charge in [-0.1, -0.05) is 107 Å². The van der Waals surface area contributed by atoms with Crippen molar-refractivity contribution in [3.8, 4) is 67.0 Å². The predicted molar refractivity (Wildman–Crippen MR) is 199 cm³/mol. The van der Waals surface area contributed by atoms with Crippen LogP contribution in [0.2, 0.25) is 0 Å². The maximum Gasteiger partial charge on any atom is 0.0715 e. The molecule has 1 aliphatic rings. The number of hydrogen-bond donors (Lipinski definition) is 0. The van der Waals surface area contributed by atoms with Gasteiger partial charge in [0.15, 0.2) is 0 Å². The zero-order valence-electron chi connectivity index (χ0n) is 25.6. The predicted octanol–water partition coefficient (Wildman–Crippen LogP) is 11.9. The molecule has 47 heavy (non-hydrogen) atoms. The Kier molecular flexibility index (Phi) is 7.86. The minimum atomic E-state index is 0.930. The molecule has 0 bridgehead atoms. The molecule has 1 aliphatic heterocycles. The number of fused-ring (bicyclic) bond motifs is 1. The lowest BCUT2D eigenvalue weighted by molar-refractivity contribution is 1.03. The van der Waals surface area contributed by atoms with Crippen molar-refractivity contribution in [2.45, 2.75) is 12.8 Å². The third kappa shape index (κ3) is 6.08. The Morgan fingerprint density at radius 2 is 1.04 bits per heavy atom. The highest BCUT2D eigenvalue weighted by molar-refractivity contribution is 9.10. The first kappa shape index (κ1) is 29.0. The van der Waals surface area contributed by atoms with Crippen LogP contribution in [0.3, 0.4) is 0 Å². The molecular formula is C43H30BrN3. The topological polar surface area (TPSA) is 38.1 Å². The number of halogens is 1. The van der Waals surface area contributed by atoms with Gasteiger partial charge in [-0.25, -0.2) is 4.98 Å². The Hall–Kier alpha value is -5.45. The van der Waals surface area contributed by atoms with Crippen LogP contribution in [0.5, 0.6) is 0 Å². The van der Waals surface area contributed by atoms with Crippen LogP contribution in [0, 0.1) is 0 Å². The van der Waals surface area contributed by atoms with E-state index in [4.69, 9.17) is 4.98 Å². The number of aromatic nitrogens is 2. The van der Waals surface area contributed by atoms with Crippen LogP contribution in [-0.4, -0.2) is 16.2 Å². The Balaban J connectivity index is 1.24. The van der Waals surface area contributed by atoms with Crippen molar-refractivity contribution in [1.82, 2.24) is 9.97 Å². The standard InChI is InChI=1S/C43H30BrN3/c44-38-25-35(24-37(26-38)39-8-4-10-41-40(39)9-5-21-46-41)36-27-42(33-15-11-30(12-16-33)29-6-2-1-3-7-29)47-43(28-36)34-17-13-31(14-18-34)32-19-22-45-23-20-32/h1-4,6-8,10-28H,5,9H2. The van der Waals surface area contributed by atoms with E-state index in [0.717, 1.165) is 67.8 Å². The molecule has 0 fully saturated rings. The van der Waals surface area contributed by atoms with Crippen LogP contribution in [0.1, 0.15) is 12.0 Å². The van der Waals surface area contributed by atoms with Gasteiger partial charge in [0.1, 0.15) is 0 Å². The molecule has 0 aliphatic carbocycles. The van der Waals surface area contributed by atoms with Gasteiger partial charge in [-0.05, 0) is 111 Å². The van der Waals surface area contributed by atoms with Crippen molar-refractivity contribution in [3.63, 3.8) is 0 Å². The van der Waals surface area contributed by atoms with Gasteiger partial charge in [-0.15, -0.1) is 0 Å². The third-order valence-corrected chi connectivity index (χ3v) is 9.21. The normalized spacial score (nSPS) is 12.1. The maximum atomic E-state index is 5.23. The van der Waals surface area contributed by atoms with Crippen LogP contribution in [0.25, 0.3) is 67.0 Å². The summed E-state index contributed by atoms with van der Waals surface area (Å²) in [6, 6.07) is 49.5. The first-order valence-electron chi connectivity index (χ1n) is 15.8. The quantitative estimate of drug-likeness (QED) is 0.177. The molecule has 7 aromatic rings. The molecule has 8 rings (SSSR count). The lowest BCUT2D eigenvalue weighted by Crippen LogP contribution is -1.97. The zero-order chi connectivity index (χ0) is 31.6. The van der Waals surface area contributed by atoms with Gasteiger partial charge in [0.05, 0.1) is 17.1 Å². The number of pyridine rings is 2. The van der Waals surface area contributed by atoms with Crippen molar-refractivity contribution in [3.05, 3.63) is 162 Å². The Morgan fingerprint density at radius 3 is 1.72 bits per heavy atom. The van der Waals surface area contributed by atoms with Gasteiger partial charge in [-0.2, -0.15) is 0 Å². The molecule has 0 unspecified atom stereocenters. The van der Waals surface area contributed by atoms with Gasteiger partial charge >= 0.3 is 0 Å². The van der Waals surface area contributed by atoms with Gasteiger partial charge in [0.2, 0.25) is 0 Å². The minimum absolute atomic E-state index is 0.930. The molecule has 3 heterocycles. The summed E-state index contributed by atoms with van der Waals surface area (Å²) in [5.41, 5.74) is 15.7. The number of rotatable bonds is 6. The monoisotopic (exact) mass is 667 g/mol. The second-order valence-corrected chi connectivity index (χ2v) is 12.7. The van der Waals surface area contributed by atoms with Crippen molar-refractivity contribution in [2.24, 2.45) is 4.99 Å². The molecule has 0 saturated carbocycles. The second kappa shape index (κ2) is 12.7. The highest BCUT2D eigenvalue weighted by atomic mass is 79.9. The van der Waals surface area contributed by atoms with E-state index in [0.29, 0.717) is 0 Å². The van der Waals surface area contributed by atoms with E-state index >= 15 is 0 Å². The minimum Gasteiger partial charge on any atom is -0.265 e. The average molecular weight is 669 g/mol. The number of hydrogen-bond acceptors (Lipinski definition) is 3. The molecule has 2 aromatic heterocycles. The van der Waals surface area contributed by atoms with Crippen LogP contribution < -0.4 is 0 Å². The van der Waals surface area contributed by atoms with Crippen LogP contribution in [-0.2, 0) is 6.42 Å². The van der Waals surface area contributed by atoms with Crippen molar-refractivity contribution >= 4 is 27.8 Å². The van der Waals surface area contributed by atoms with Gasteiger partial charge in [0.25, 0.3) is 0 Å².